The van der Waals surface area contributed by atoms with Crippen LogP contribution >= 0.6 is 11.3 Å². The summed E-state index contributed by atoms with van der Waals surface area (Å²) in [6.07, 6.45) is 2.33. The summed E-state index contributed by atoms with van der Waals surface area (Å²) in [6, 6.07) is 0. The summed E-state index contributed by atoms with van der Waals surface area (Å²) in [6.45, 7) is 12.1. The first kappa shape index (κ1) is 13.7. The molecule has 3 heteroatoms. The first-order valence-corrected chi connectivity index (χ1v) is 6.91. The van der Waals surface area contributed by atoms with E-state index in [0.717, 1.165) is 18.7 Å². The van der Waals surface area contributed by atoms with Gasteiger partial charge in [-0.2, -0.15) is 0 Å². The Morgan fingerprint density at radius 3 is 2.62 bits per heavy atom. The van der Waals surface area contributed by atoms with Gasteiger partial charge in [0.05, 0.1) is 5.01 Å². The maximum atomic E-state index is 4.51. The van der Waals surface area contributed by atoms with Crippen molar-refractivity contribution in [3.63, 3.8) is 0 Å². The monoisotopic (exact) mass is 240 g/mol. The fourth-order valence-electron chi connectivity index (χ4n) is 1.59. The number of hydrogen-bond acceptors (Lipinski definition) is 3. The summed E-state index contributed by atoms with van der Waals surface area (Å²) in [4.78, 5) is 4.51. The lowest BCUT2D eigenvalue weighted by atomic mass is 10.0. The predicted molar refractivity (Wildman–Crippen MR) is 72.1 cm³/mol. The Balaban J connectivity index is 2.23. The molecule has 92 valence electrons. The average molecular weight is 240 g/mol. The van der Waals surface area contributed by atoms with Gasteiger partial charge in [-0.1, -0.05) is 6.92 Å². The van der Waals surface area contributed by atoms with E-state index in [4.69, 9.17) is 0 Å². The summed E-state index contributed by atoms with van der Waals surface area (Å²) >= 11 is 1.79. The van der Waals surface area contributed by atoms with Crippen LogP contribution in [0.15, 0.2) is 5.38 Å². The van der Waals surface area contributed by atoms with Crippen LogP contribution in [-0.4, -0.2) is 17.1 Å². The number of aromatic nitrogens is 1. The second kappa shape index (κ2) is 5.78. The van der Waals surface area contributed by atoms with Crippen molar-refractivity contribution in [2.75, 3.05) is 6.54 Å². The molecule has 0 saturated heterocycles. The molecule has 1 rings (SSSR count). The Bertz CT molecular complexity index is 312. The van der Waals surface area contributed by atoms with E-state index in [-0.39, 0.29) is 5.54 Å². The topological polar surface area (TPSA) is 24.9 Å². The molecule has 0 saturated carbocycles. The fourth-order valence-corrected chi connectivity index (χ4v) is 2.53. The maximum Gasteiger partial charge on any atom is 0.0930 e. The van der Waals surface area contributed by atoms with Crippen molar-refractivity contribution < 1.29 is 0 Å². The van der Waals surface area contributed by atoms with Gasteiger partial charge in [0.1, 0.15) is 0 Å². The van der Waals surface area contributed by atoms with Gasteiger partial charge in [-0.25, -0.2) is 4.98 Å². The number of aryl methyl sites for hydroxylation is 1. The average Bonchev–Trinajstić information content (AvgIpc) is 2.48. The smallest absolute Gasteiger partial charge is 0.0930 e. The van der Waals surface area contributed by atoms with Crippen LogP contribution in [0.4, 0.5) is 0 Å². The molecular formula is C13H24N2S. The summed E-state index contributed by atoms with van der Waals surface area (Å²) in [7, 11) is 0. The van der Waals surface area contributed by atoms with E-state index in [2.05, 4.69) is 50.3 Å². The van der Waals surface area contributed by atoms with E-state index in [9.17, 15) is 0 Å². The number of nitrogens with one attached hydrogen (secondary N) is 1. The van der Waals surface area contributed by atoms with E-state index in [1.807, 2.05) is 0 Å². The van der Waals surface area contributed by atoms with Crippen molar-refractivity contribution in [2.24, 2.45) is 5.92 Å². The van der Waals surface area contributed by atoms with Gasteiger partial charge in [0, 0.05) is 23.0 Å². The van der Waals surface area contributed by atoms with E-state index in [0.29, 0.717) is 5.92 Å². The predicted octanol–water partition coefficient (Wildman–Crippen LogP) is 3.41. The SMILES string of the molecule is Cc1csc(CC(C)CCNC(C)(C)C)n1. The van der Waals surface area contributed by atoms with Gasteiger partial charge in [-0.05, 0) is 46.6 Å². The first-order valence-electron chi connectivity index (χ1n) is 6.03. The Kier molecular flexibility index (Phi) is 4.93. The quantitative estimate of drug-likeness (QED) is 0.853. The minimum atomic E-state index is 0.234. The lowest BCUT2D eigenvalue weighted by molar-refractivity contribution is 0.394. The van der Waals surface area contributed by atoms with Crippen molar-refractivity contribution in [2.45, 2.75) is 53.0 Å². The van der Waals surface area contributed by atoms with Crippen molar-refractivity contribution in [1.82, 2.24) is 10.3 Å². The molecule has 2 nitrogen and oxygen atoms in total. The highest BCUT2D eigenvalue weighted by atomic mass is 32.1. The third-order valence-electron chi connectivity index (χ3n) is 2.48. The molecule has 16 heavy (non-hydrogen) atoms. The summed E-state index contributed by atoms with van der Waals surface area (Å²) < 4.78 is 0. The number of nitrogens with zero attached hydrogens (tertiary/aromatic N) is 1. The highest BCUT2D eigenvalue weighted by Crippen LogP contribution is 2.15. The van der Waals surface area contributed by atoms with Crippen LogP contribution in [0.5, 0.6) is 0 Å². The third-order valence-corrected chi connectivity index (χ3v) is 3.47. The minimum absolute atomic E-state index is 0.234. The van der Waals surface area contributed by atoms with Crippen LogP contribution in [0.2, 0.25) is 0 Å². The minimum Gasteiger partial charge on any atom is -0.312 e. The van der Waals surface area contributed by atoms with Gasteiger partial charge >= 0.3 is 0 Å². The van der Waals surface area contributed by atoms with Crippen molar-refractivity contribution in [1.29, 1.82) is 0 Å². The van der Waals surface area contributed by atoms with Crippen LogP contribution in [0.3, 0.4) is 0 Å². The second-order valence-electron chi connectivity index (χ2n) is 5.66. The summed E-state index contributed by atoms with van der Waals surface area (Å²) in [5, 5.41) is 6.94. The molecule has 1 N–H and O–H groups in total. The lowest BCUT2D eigenvalue weighted by Gasteiger charge is -2.21. The van der Waals surface area contributed by atoms with Gasteiger partial charge in [0.15, 0.2) is 0 Å². The molecule has 0 radical (unpaired) electrons. The van der Waals surface area contributed by atoms with Crippen LogP contribution in [0.25, 0.3) is 0 Å². The molecule has 1 unspecified atom stereocenters. The van der Waals surface area contributed by atoms with E-state index in [1.165, 1.54) is 11.4 Å². The molecule has 0 amide bonds. The molecule has 0 aliphatic heterocycles. The van der Waals surface area contributed by atoms with Gasteiger partial charge in [0.2, 0.25) is 0 Å². The highest BCUT2D eigenvalue weighted by Gasteiger charge is 2.10. The molecule has 0 spiro atoms. The molecule has 1 atom stereocenters. The normalized spacial score (nSPS) is 14.1. The molecule has 0 aromatic carbocycles. The van der Waals surface area contributed by atoms with Gasteiger partial charge in [0.25, 0.3) is 0 Å². The Morgan fingerprint density at radius 1 is 1.44 bits per heavy atom. The van der Waals surface area contributed by atoms with Crippen molar-refractivity contribution in [3.8, 4) is 0 Å². The molecular weight excluding hydrogens is 216 g/mol. The molecule has 1 aromatic heterocycles. The Morgan fingerprint density at radius 2 is 2.12 bits per heavy atom. The number of rotatable bonds is 5. The third kappa shape index (κ3) is 5.61. The zero-order valence-corrected chi connectivity index (χ0v) is 11.9. The maximum absolute atomic E-state index is 4.51. The Hall–Kier alpha value is -0.410. The lowest BCUT2D eigenvalue weighted by Crippen LogP contribution is -2.37. The number of thiazole rings is 1. The summed E-state index contributed by atoms with van der Waals surface area (Å²) in [5.41, 5.74) is 1.39. The standard InChI is InChI=1S/C13H24N2S/c1-10(6-7-14-13(3,4)5)8-12-15-11(2)9-16-12/h9-10,14H,6-8H2,1-5H3. The van der Waals surface area contributed by atoms with Gasteiger partial charge in [-0.15, -0.1) is 11.3 Å². The first-order chi connectivity index (χ1) is 7.37. The van der Waals surface area contributed by atoms with Crippen LogP contribution in [-0.2, 0) is 6.42 Å². The molecule has 0 bridgehead atoms. The zero-order chi connectivity index (χ0) is 12.2. The van der Waals surface area contributed by atoms with E-state index in [1.54, 1.807) is 11.3 Å². The van der Waals surface area contributed by atoms with E-state index < -0.39 is 0 Å². The zero-order valence-electron chi connectivity index (χ0n) is 11.1. The van der Waals surface area contributed by atoms with Crippen LogP contribution in [0.1, 0.15) is 44.8 Å². The van der Waals surface area contributed by atoms with Gasteiger partial charge in [-0.3, -0.25) is 0 Å². The molecule has 0 aliphatic rings. The molecule has 0 aliphatic carbocycles. The van der Waals surface area contributed by atoms with Crippen LogP contribution in [0, 0.1) is 12.8 Å². The molecule has 1 aromatic rings. The Labute approximate surface area is 103 Å². The molecule has 0 fully saturated rings. The molecule has 1 heterocycles. The fraction of sp³-hybridized carbons (Fsp3) is 0.769. The van der Waals surface area contributed by atoms with Crippen molar-refractivity contribution in [3.05, 3.63) is 16.1 Å². The van der Waals surface area contributed by atoms with Crippen LogP contribution < -0.4 is 5.32 Å². The summed E-state index contributed by atoms with van der Waals surface area (Å²) in [5.74, 6) is 0.709. The van der Waals surface area contributed by atoms with Crippen molar-refractivity contribution >= 4 is 11.3 Å². The van der Waals surface area contributed by atoms with Gasteiger partial charge < -0.3 is 5.32 Å². The van der Waals surface area contributed by atoms with E-state index >= 15 is 0 Å². The highest BCUT2D eigenvalue weighted by molar-refractivity contribution is 7.09. The largest absolute Gasteiger partial charge is 0.312 e. The second-order valence-corrected chi connectivity index (χ2v) is 6.60. The number of hydrogen-bond donors (Lipinski definition) is 1.